The van der Waals surface area contributed by atoms with Gasteiger partial charge < -0.3 is 22.4 Å². The van der Waals surface area contributed by atoms with Crippen molar-refractivity contribution in [2.45, 2.75) is 90.0 Å². The third-order valence-electron chi connectivity index (χ3n) is 4.06. The molecule has 0 unspecified atom stereocenters. The predicted molar refractivity (Wildman–Crippen MR) is 101 cm³/mol. The zero-order chi connectivity index (χ0) is 20.5. The second kappa shape index (κ2) is 19.5. The molecule has 0 aromatic rings. The number of ether oxygens (including phenoxy) is 2. The molecule has 0 aliphatic heterocycles. The molecule has 1 atom stereocenters. The van der Waals surface area contributed by atoms with Gasteiger partial charge >= 0.3 is 53.4 Å². The van der Waals surface area contributed by atoms with Crippen LogP contribution in [0.25, 0.3) is 0 Å². The van der Waals surface area contributed by atoms with Crippen molar-refractivity contribution in [2.24, 2.45) is 11.5 Å². The standard InChI is InChI=1S/C19H34N2O6.Na.H/c1-2-3-4-5-6-7-8-9-10-11-16(22)27-19(25)15(21)12-13-17(23)26-18(24)14-20;;/h15H,2-14,20-21H2,1H3;;/q;+1;-1/t15-;;/m0../s1. The van der Waals surface area contributed by atoms with E-state index in [9.17, 15) is 19.2 Å². The first-order valence-corrected chi connectivity index (χ1v) is 9.84. The summed E-state index contributed by atoms with van der Waals surface area (Å²) in [4.78, 5) is 45.5. The van der Waals surface area contributed by atoms with Crippen molar-refractivity contribution in [1.29, 1.82) is 0 Å². The fourth-order valence-corrected chi connectivity index (χ4v) is 2.43. The van der Waals surface area contributed by atoms with E-state index in [2.05, 4.69) is 16.4 Å². The van der Waals surface area contributed by atoms with Crippen LogP contribution in [0.5, 0.6) is 0 Å². The Balaban J connectivity index is -0.00000338. The van der Waals surface area contributed by atoms with Gasteiger partial charge in [0.2, 0.25) is 0 Å². The number of hydrogen-bond acceptors (Lipinski definition) is 8. The first-order valence-electron chi connectivity index (χ1n) is 9.84. The van der Waals surface area contributed by atoms with Crippen LogP contribution in [0.2, 0.25) is 0 Å². The Hall–Kier alpha value is -0.800. The Morgan fingerprint density at radius 3 is 1.82 bits per heavy atom. The molecule has 0 saturated carbocycles. The van der Waals surface area contributed by atoms with E-state index in [1.807, 2.05) is 0 Å². The van der Waals surface area contributed by atoms with Gasteiger partial charge in [-0.3, -0.25) is 14.4 Å². The predicted octanol–water partition coefficient (Wildman–Crippen LogP) is -0.770. The van der Waals surface area contributed by atoms with Crippen LogP contribution in [0, 0.1) is 0 Å². The third kappa shape index (κ3) is 17.3. The SMILES string of the molecule is CCCCCCCCCCCC(=O)OC(=O)[C@@H](N)CCC(=O)OC(=O)CN.[H-].[Na+]. The molecular formula is C19H35N2NaO6. The Bertz CT molecular complexity index is 480. The van der Waals surface area contributed by atoms with E-state index < -0.39 is 36.5 Å². The van der Waals surface area contributed by atoms with Crippen LogP contribution in [0.1, 0.15) is 85.4 Å². The maximum absolute atomic E-state index is 11.7. The van der Waals surface area contributed by atoms with Gasteiger partial charge in [-0.1, -0.05) is 58.3 Å². The van der Waals surface area contributed by atoms with Crippen molar-refractivity contribution in [3.8, 4) is 0 Å². The van der Waals surface area contributed by atoms with E-state index in [4.69, 9.17) is 11.5 Å². The van der Waals surface area contributed by atoms with Crippen LogP contribution >= 0.6 is 0 Å². The fraction of sp³-hybridized carbons (Fsp3) is 0.789. The first-order chi connectivity index (χ1) is 12.9. The summed E-state index contributed by atoms with van der Waals surface area (Å²) in [7, 11) is 0. The van der Waals surface area contributed by atoms with Gasteiger partial charge in [-0.15, -0.1) is 0 Å². The summed E-state index contributed by atoms with van der Waals surface area (Å²) in [5.41, 5.74) is 10.6. The first kappa shape index (κ1) is 29.4. The zero-order valence-electron chi connectivity index (χ0n) is 18.4. The molecule has 0 aliphatic rings. The van der Waals surface area contributed by atoms with E-state index in [-0.39, 0.29) is 50.2 Å². The number of nitrogens with two attached hydrogens (primary N) is 2. The molecule has 9 heteroatoms. The van der Waals surface area contributed by atoms with E-state index in [1.165, 1.54) is 32.1 Å². The largest absolute Gasteiger partial charge is 1.00 e. The van der Waals surface area contributed by atoms with Crippen molar-refractivity contribution in [3.63, 3.8) is 0 Å². The maximum atomic E-state index is 11.7. The second-order valence-corrected chi connectivity index (χ2v) is 6.57. The van der Waals surface area contributed by atoms with Gasteiger partial charge in [0.25, 0.3) is 0 Å². The molecule has 8 nitrogen and oxygen atoms in total. The molecule has 0 fully saturated rings. The van der Waals surface area contributed by atoms with Crippen molar-refractivity contribution in [2.75, 3.05) is 6.54 Å². The molecule has 4 N–H and O–H groups in total. The van der Waals surface area contributed by atoms with E-state index in [0.717, 1.165) is 19.3 Å². The monoisotopic (exact) mass is 410 g/mol. The average Bonchev–Trinajstić information content (AvgIpc) is 2.64. The Labute approximate surface area is 191 Å². The summed E-state index contributed by atoms with van der Waals surface area (Å²) < 4.78 is 9.02. The molecule has 0 heterocycles. The van der Waals surface area contributed by atoms with Gasteiger partial charge in [0, 0.05) is 12.8 Å². The van der Waals surface area contributed by atoms with Gasteiger partial charge in [0.15, 0.2) is 0 Å². The Morgan fingerprint density at radius 1 is 0.786 bits per heavy atom. The van der Waals surface area contributed by atoms with Crippen LogP contribution in [0.4, 0.5) is 0 Å². The van der Waals surface area contributed by atoms with Gasteiger partial charge in [-0.05, 0) is 12.8 Å². The van der Waals surface area contributed by atoms with Crippen LogP contribution in [-0.2, 0) is 28.7 Å². The van der Waals surface area contributed by atoms with Crippen LogP contribution < -0.4 is 41.0 Å². The molecule has 158 valence electrons. The molecular weight excluding hydrogens is 375 g/mol. The minimum atomic E-state index is -1.13. The zero-order valence-corrected chi connectivity index (χ0v) is 19.4. The quantitative estimate of drug-likeness (QED) is 0.155. The normalized spacial score (nSPS) is 11.2. The van der Waals surface area contributed by atoms with Crippen molar-refractivity contribution >= 4 is 23.9 Å². The number of hydrogen-bond donors (Lipinski definition) is 2. The fourth-order valence-electron chi connectivity index (χ4n) is 2.43. The second-order valence-electron chi connectivity index (χ2n) is 6.57. The number of carbonyl (C=O) groups is 4. The van der Waals surface area contributed by atoms with E-state index in [1.54, 1.807) is 0 Å². The Morgan fingerprint density at radius 2 is 1.29 bits per heavy atom. The minimum absolute atomic E-state index is 0. The third-order valence-corrected chi connectivity index (χ3v) is 4.06. The number of unbranched alkanes of at least 4 members (excludes halogenated alkanes) is 8. The molecule has 0 amide bonds. The van der Waals surface area contributed by atoms with E-state index >= 15 is 0 Å². The topological polar surface area (TPSA) is 139 Å². The van der Waals surface area contributed by atoms with Crippen LogP contribution in [0.15, 0.2) is 0 Å². The average molecular weight is 410 g/mol. The molecule has 0 aliphatic carbocycles. The Kier molecular flexibility index (Phi) is 20.5. The molecule has 0 aromatic heterocycles. The molecule has 0 saturated heterocycles. The van der Waals surface area contributed by atoms with Gasteiger partial charge in [0.1, 0.15) is 6.04 Å². The van der Waals surface area contributed by atoms with E-state index in [0.29, 0.717) is 6.42 Å². The summed E-state index contributed by atoms with van der Waals surface area (Å²) in [5, 5.41) is 0. The summed E-state index contributed by atoms with van der Waals surface area (Å²) >= 11 is 0. The summed E-state index contributed by atoms with van der Waals surface area (Å²) in [5.74, 6) is -3.17. The molecule has 0 rings (SSSR count). The summed E-state index contributed by atoms with van der Waals surface area (Å²) in [6.45, 7) is 1.78. The summed E-state index contributed by atoms with van der Waals surface area (Å²) in [6.07, 6.45) is 9.95. The van der Waals surface area contributed by atoms with Gasteiger partial charge in [0.05, 0.1) is 6.54 Å². The maximum Gasteiger partial charge on any atom is 1.00 e. The van der Waals surface area contributed by atoms with Gasteiger partial charge in [-0.2, -0.15) is 0 Å². The molecule has 0 radical (unpaired) electrons. The van der Waals surface area contributed by atoms with Crippen LogP contribution in [0.3, 0.4) is 0 Å². The van der Waals surface area contributed by atoms with Crippen molar-refractivity contribution in [3.05, 3.63) is 0 Å². The minimum Gasteiger partial charge on any atom is -1.00 e. The van der Waals surface area contributed by atoms with Crippen LogP contribution in [-0.4, -0.2) is 36.5 Å². The smallest absolute Gasteiger partial charge is 1.00 e. The molecule has 0 spiro atoms. The van der Waals surface area contributed by atoms with Crippen molar-refractivity contribution in [1.82, 2.24) is 0 Å². The number of rotatable bonds is 15. The summed E-state index contributed by atoms with van der Waals surface area (Å²) in [6, 6.07) is -1.13. The number of carbonyl (C=O) groups excluding carboxylic acids is 4. The van der Waals surface area contributed by atoms with Crippen molar-refractivity contribution < 1.29 is 59.6 Å². The van der Waals surface area contributed by atoms with Gasteiger partial charge in [-0.25, -0.2) is 4.79 Å². The molecule has 0 bridgehead atoms. The molecule has 28 heavy (non-hydrogen) atoms. The molecule has 0 aromatic carbocycles. The number of esters is 4.